The van der Waals surface area contributed by atoms with E-state index in [2.05, 4.69) is 89.6 Å². The van der Waals surface area contributed by atoms with Crippen molar-refractivity contribution in [1.29, 1.82) is 0 Å². The summed E-state index contributed by atoms with van der Waals surface area (Å²) >= 11 is 12.9. The molecule has 1 aromatic heterocycles. The summed E-state index contributed by atoms with van der Waals surface area (Å²) in [7, 11) is 0. The average Bonchev–Trinajstić information content (AvgIpc) is 2.99. The van der Waals surface area contributed by atoms with Crippen LogP contribution in [0.25, 0.3) is 5.57 Å². The average molecular weight is 601 g/mol. The molecular weight excluding hydrogens is 561 g/mol. The molecule has 1 saturated heterocycles. The molecule has 2 aromatic carbocycles. The monoisotopic (exact) mass is 599 g/mol. The summed E-state index contributed by atoms with van der Waals surface area (Å²) in [4.78, 5) is 11.7. The van der Waals surface area contributed by atoms with Crippen LogP contribution in [0.2, 0.25) is 10.0 Å². The van der Waals surface area contributed by atoms with Gasteiger partial charge in [0.2, 0.25) is 0 Å². The van der Waals surface area contributed by atoms with Gasteiger partial charge < -0.3 is 10.2 Å². The van der Waals surface area contributed by atoms with E-state index in [9.17, 15) is 0 Å². The second kappa shape index (κ2) is 11.8. The van der Waals surface area contributed by atoms with Gasteiger partial charge in [-0.05, 0) is 91.3 Å². The second-order valence-corrected chi connectivity index (χ2v) is 12.7. The van der Waals surface area contributed by atoms with E-state index in [1.807, 2.05) is 24.3 Å². The summed E-state index contributed by atoms with van der Waals surface area (Å²) < 4.78 is 0. The summed E-state index contributed by atoms with van der Waals surface area (Å²) in [5.74, 6) is 2.33. The summed E-state index contributed by atoms with van der Waals surface area (Å²) in [6.07, 6.45) is 7.65. The van der Waals surface area contributed by atoms with Gasteiger partial charge in [0.1, 0.15) is 11.6 Å². The molecule has 3 heterocycles. The number of hydrogen-bond donors (Lipinski definition) is 1. The molecule has 1 aliphatic carbocycles. The van der Waals surface area contributed by atoms with Crippen molar-refractivity contribution in [3.05, 3.63) is 111 Å². The number of aromatic nitrogens is 1. The second-order valence-electron chi connectivity index (χ2n) is 11.8. The van der Waals surface area contributed by atoms with Crippen LogP contribution in [0.5, 0.6) is 0 Å². The van der Waals surface area contributed by atoms with E-state index in [0.717, 1.165) is 72.7 Å². The standard InChI is InChI=1S/C35H39Cl2N5/c1-22-9-10-23(2)29(17-22)30-18-27(25(4)40-13-15-41(16-14-40)34-12-11-28(36)20-39-34)19-33-31(30)21-38-26(5)42(33)35-24(3)7-6-8-32(35)37/h6-8,10-12,17-20,22,25,38H,5,9,13-16,21H2,1-4H3. The molecule has 2 aliphatic heterocycles. The van der Waals surface area contributed by atoms with Crippen LogP contribution in [0.15, 0.2) is 78.8 Å². The quantitative estimate of drug-likeness (QED) is 0.317. The first-order valence-electron chi connectivity index (χ1n) is 14.9. The Kier molecular flexibility index (Phi) is 8.10. The fourth-order valence-corrected chi connectivity index (χ4v) is 6.90. The van der Waals surface area contributed by atoms with Crippen molar-refractivity contribution in [3.8, 4) is 0 Å². The number of fused-ring (bicyclic) bond motifs is 1. The first-order valence-corrected chi connectivity index (χ1v) is 15.6. The molecule has 0 spiro atoms. The molecule has 1 fully saturated rings. The molecule has 5 nitrogen and oxygen atoms in total. The maximum Gasteiger partial charge on any atom is 0.128 e. The van der Waals surface area contributed by atoms with Gasteiger partial charge >= 0.3 is 0 Å². The lowest BCUT2D eigenvalue weighted by atomic mass is 9.83. The van der Waals surface area contributed by atoms with Crippen molar-refractivity contribution in [1.82, 2.24) is 15.2 Å². The van der Waals surface area contributed by atoms with Crippen LogP contribution < -0.4 is 15.1 Å². The van der Waals surface area contributed by atoms with E-state index in [0.29, 0.717) is 10.9 Å². The third-order valence-electron chi connectivity index (χ3n) is 8.98. The fraction of sp³-hybridized carbons (Fsp3) is 0.343. The molecular formula is C35H39Cl2N5. The largest absolute Gasteiger partial charge is 0.367 e. The lowest BCUT2D eigenvalue weighted by Gasteiger charge is -2.40. The number of pyridine rings is 1. The van der Waals surface area contributed by atoms with Crippen LogP contribution in [0.4, 0.5) is 17.2 Å². The van der Waals surface area contributed by atoms with E-state index in [1.54, 1.807) is 6.20 Å². The van der Waals surface area contributed by atoms with Gasteiger partial charge in [0.25, 0.3) is 0 Å². The SMILES string of the molecule is C=C1NCc2c(C3=CC(C)CC=C3C)cc(C(C)N3CCN(c4ccc(Cl)cn4)CC3)cc2N1c1c(C)cccc1Cl. The molecule has 3 aromatic rings. The van der Waals surface area contributed by atoms with Crippen molar-refractivity contribution >= 4 is 46.0 Å². The smallest absolute Gasteiger partial charge is 0.128 e. The van der Waals surface area contributed by atoms with Gasteiger partial charge in [0, 0.05) is 50.5 Å². The molecule has 0 bridgehead atoms. The van der Waals surface area contributed by atoms with Crippen LogP contribution in [-0.4, -0.2) is 36.1 Å². The number of anilines is 3. The maximum absolute atomic E-state index is 6.87. The van der Waals surface area contributed by atoms with E-state index < -0.39 is 0 Å². The summed E-state index contributed by atoms with van der Waals surface area (Å²) in [5.41, 5.74) is 9.82. The molecule has 0 radical (unpaired) electrons. The van der Waals surface area contributed by atoms with Gasteiger partial charge in [-0.2, -0.15) is 0 Å². The number of allylic oxidation sites excluding steroid dienone is 4. The van der Waals surface area contributed by atoms with Crippen LogP contribution in [0.3, 0.4) is 0 Å². The zero-order valence-corrected chi connectivity index (χ0v) is 26.4. The zero-order chi connectivity index (χ0) is 29.5. The highest BCUT2D eigenvalue weighted by molar-refractivity contribution is 6.33. The Labute approximate surface area is 260 Å². The Balaban J connectivity index is 1.41. The Hall–Kier alpha value is -3.25. The van der Waals surface area contributed by atoms with Gasteiger partial charge in [-0.25, -0.2) is 4.98 Å². The summed E-state index contributed by atoms with van der Waals surface area (Å²) in [6, 6.07) is 15.1. The molecule has 3 aliphatic rings. The normalized spacial score (nSPS) is 20.0. The summed E-state index contributed by atoms with van der Waals surface area (Å²) in [6.45, 7) is 17.9. The Bertz CT molecular complexity index is 1550. The Morgan fingerprint density at radius 3 is 2.55 bits per heavy atom. The lowest BCUT2D eigenvalue weighted by Crippen LogP contribution is -2.47. The molecule has 42 heavy (non-hydrogen) atoms. The molecule has 2 unspecified atom stereocenters. The van der Waals surface area contributed by atoms with Crippen LogP contribution in [-0.2, 0) is 6.54 Å². The summed E-state index contributed by atoms with van der Waals surface area (Å²) in [5, 5.41) is 4.97. The number of nitrogens with zero attached hydrogens (tertiary/aromatic N) is 4. The van der Waals surface area contributed by atoms with Gasteiger partial charge in [-0.3, -0.25) is 9.80 Å². The van der Waals surface area contributed by atoms with Crippen molar-refractivity contribution < 1.29 is 0 Å². The minimum absolute atomic E-state index is 0.234. The minimum atomic E-state index is 0.234. The predicted octanol–water partition coefficient (Wildman–Crippen LogP) is 8.66. The lowest BCUT2D eigenvalue weighted by molar-refractivity contribution is 0.198. The van der Waals surface area contributed by atoms with Gasteiger partial charge in [0.15, 0.2) is 0 Å². The van der Waals surface area contributed by atoms with Gasteiger partial charge in [-0.1, -0.05) is 61.0 Å². The number of nitrogens with one attached hydrogen (secondary N) is 1. The van der Waals surface area contributed by atoms with Gasteiger partial charge in [-0.15, -0.1) is 0 Å². The van der Waals surface area contributed by atoms with Crippen LogP contribution in [0.1, 0.15) is 55.5 Å². The molecule has 218 valence electrons. The topological polar surface area (TPSA) is 34.6 Å². The third-order valence-corrected chi connectivity index (χ3v) is 9.51. The number of benzene rings is 2. The molecule has 0 amide bonds. The molecule has 7 heteroatoms. The maximum atomic E-state index is 6.87. The number of rotatable bonds is 5. The number of halogens is 2. The van der Waals surface area contributed by atoms with E-state index in [1.165, 1.54) is 27.8 Å². The van der Waals surface area contributed by atoms with Gasteiger partial charge in [0.05, 0.1) is 21.4 Å². The highest BCUT2D eigenvalue weighted by Gasteiger charge is 2.31. The highest BCUT2D eigenvalue weighted by Crippen LogP contribution is 2.45. The van der Waals surface area contributed by atoms with E-state index in [4.69, 9.17) is 23.2 Å². The number of piperazine rings is 1. The van der Waals surface area contributed by atoms with Crippen LogP contribution in [0, 0.1) is 12.8 Å². The van der Waals surface area contributed by atoms with Crippen molar-refractivity contribution in [2.45, 2.75) is 46.7 Å². The Morgan fingerprint density at radius 1 is 1.05 bits per heavy atom. The van der Waals surface area contributed by atoms with E-state index >= 15 is 0 Å². The molecule has 0 saturated carbocycles. The van der Waals surface area contributed by atoms with Crippen molar-refractivity contribution in [3.63, 3.8) is 0 Å². The predicted molar refractivity (Wildman–Crippen MR) is 178 cm³/mol. The Morgan fingerprint density at radius 2 is 1.83 bits per heavy atom. The number of para-hydroxylation sites is 1. The first kappa shape index (κ1) is 28.9. The van der Waals surface area contributed by atoms with Crippen LogP contribution >= 0.6 is 23.2 Å². The first-order chi connectivity index (χ1) is 20.2. The number of aryl methyl sites for hydroxylation is 1. The molecule has 1 N–H and O–H groups in total. The highest BCUT2D eigenvalue weighted by atomic mass is 35.5. The number of hydrogen-bond acceptors (Lipinski definition) is 5. The van der Waals surface area contributed by atoms with Crippen molar-refractivity contribution in [2.24, 2.45) is 5.92 Å². The van der Waals surface area contributed by atoms with E-state index in [-0.39, 0.29) is 6.04 Å². The fourth-order valence-electron chi connectivity index (χ4n) is 6.48. The minimum Gasteiger partial charge on any atom is -0.367 e. The molecule has 6 rings (SSSR count). The molecule has 2 atom stereocenters. The zero-order valence-electron chi connectivity index (χ0n) is 24.9. The third kappa shape index (κ3) is 5.46. The van der Waals surface area contributed by atoms with Crippen molar-refractivity contribution in [2.75, 3.05) is 36.0 Å².